The third kappa shape index (κ3) is 3.26. The van der Waals surface area contributed by atoms with Crippen LogP contribution in [0.4, 0.5) is 5.69 Å². The fraction of sp³-hybridized carbons (Fsp3) is 0.278. The van der Waals surface area contributed by atoms with Gasteiger partial charge in [-0.15, -0.1) is 0 Å². The molecule has 4 N–H and O–H groups in total. The number of anilines is 1. The van der Waals surface area contributed by atoms with E-state index in [1.54, 1.807) is 30.5 Å². The molecule has 0 radical (unpaired) electrons. The number of ether oxygens (including phenoxy) is 1. The number of halogens is 1. The zero-order valence-corrected chi connectivity index (χ0v) is 19.0. The summed E-state index contributed by atoms with van der Waals surface area (Å²) >= 11 is 3.28. The molecule has 0 saturated carbocycles. The van der Waals surface area contributed by atoms with Gasteiger partial charge in [-0.25, -0.2) is 9.38 Å². The van der Waals surface area contributed by atoms with Gasteiger partial charge < -0.3 is 34.5 Å². The molecule has 172 valence electrons. The standard InChI is InChI=1S/C18H16BrN6O7P/c19-17-22-11-14(25(17)16-12(26)13-10(31-16)6-30-33(28,29)32-13)23-18-21-9(5-24(18)15(11)27)7-1-3-8(20)4-2-7/h1-5,10,12-13,16,26H,6,20H2,(H,21,23)(H,28,29)/t10?,12?,13-,16-/m1/s1. The molecule has 4 aromatic rings. The van der Waals surface area contributed by atoms with Crippen molar-refractivity contribution in [2.75, 3.05) is 12.3 Å². The number of H-pyrrole nitrogens is 1. The van der Waals surface area contributed by atoms with E-state index < -0.39 is 37.9 Å². The molecule has 0 aliphatic carbocycles. The van der Waals surface area contributed by atoms with Gasteiger partial charge in [0.1, 0.15) is 18.3 Å². The average Bonchev–Trinajstić information content (AvgIpc) is 3.43. The first-order chi connectivity index (χ1) is 15.7. The molecule has 2 aliphatic rings. The molecule has 0 amide bonds. The van der Waals surface area contributed by atoms with Gasteiger partial charge in [0, 0.05) is 11.9 Å². The van der Waals surface area contributed by atoms with Crippen LogP contribution in [0.25, 0.3) is 28.2 Å². The lowest BCUT2D eigenvalue weighted by molar-refractivity contribution is -0.245. The van der Waals surface area contributed by atoms with Crippen molar-refractivity contribution in [3.63, 3.8) is 0 Å². The summed E-state index contributed by atoms with van der Waals surface area (Å²) in [5, 5.41) is 10.8. The Bertz CT molecular complexity index is 1520. The number of phosphoric acid groups is 1. The van der Waals surface area contributed by atoms with Crippen molar-refractivity contribution in [1.29, 1.82) is 0 Å². The first-order valence-corrected chi connectivity index (χ1v) is 12.0. The highest BCUT2D eigenvalue weighted by atomic mass is 79.9. The second-order valence-corrected chi connectivity index (χ2v) is 9.76. The second kappa shape index (κ2) is 7.21. The maximum absolute atomic E-state index is 13.1. The van der Waals surface area contributed by atoms with Gasteiger partial charge in [-0.05, 0) is 33.6 Å². The Morgan fingerprint density at radius 3 is 2.85 bits per heavy atom. The molecule has 2 fully saturated rings. The summed E-state index contributed by atoms with van der Waals surface area (Å²) in [6, 6.07) is 7.10. The maximum Gasteiger partial charge on any atom is 1.00 e. The molecule has 3 unspecified atom stereocenters. The number of aromatic nitrogens is 5. The smallest absolute Gasteiger partial charge is 0.756 e. The van der Waals surface area contributed by atoms with Crippen LogP contribution in [0.1, 0.15) is 7.65 Å². The third-order valence-corrected chi connectivity index (χ3v) is 7.17. The molecule has 0 bridgehead atoms. The normalized spacial score (nSPS) is 29.7. The number of imidazole rings is 2. The number of phosphoric ester groups is 1. The highest BCUT2D eigenvalue weighted by Gasteiger charge is 2.51. The van der Waals surface area contributed by atoms with Gasteiger partial charge in [0.25, 0.3) is 13.4 Å². The lowest BCUT2D eigenvalue weighted by Crippen LogP contribution is -2.41. The average molecular weight is 539 g/mol. The van der Waals surface area contributed by atoms with E-state index in [4.69, 9.17) is 15.0 Å². The number of aromatic amines is 1. The monoisotopic (exact) mass is 538 g/mol. The predicted molar refractivity (Wildman–Crippen MR) is 116 cm³/mol. The Kier molecular flexibility index (Phi) is 4.58. The number of fused-ring (bicyclic) bond motifs is 3. The summed E-state index contributed by atoms with van der Waals surface area (Å²) in [5.41, 5.74) is 7.50. The number of nitrogens with two attached hydrogens (primary N) is 1. The van der Waals surface area contributed by atoms with Crippen LogP contribution < -0.4 is 16.2 Å². The first-order valence-electron chi connectivity index (χ1n) is 9.74. The van der Waals surface area contributed by atoms with Crippen LogP contribution in [0.2, 0.25) is 0 Å². The molecule has 2 aliphatic heterocycles. The molecular formula is C18H16BrN6O7P. The molecule has 3 aromatic heterocycles. The van der Waals surface area contributed by atoms with Crippen molar-refractivity contribution < 1.29 is 29.8 Å². The number of rotatable bonds is 2. The second-order valence-electron chi connectivity index (χ2n) is 7.69. The van der Waals surface area contributed by atoms with Crippen LogP contribution in [-0.2, 0) is 18.3 Å². The number of hydrogen-bond acceptors (Lipinski definition) is 10. The fourth-order valence-electron chi connectivity index (χ4n) is 4.08. The van der Waals surface area contributed by atoms with E-state index in [2.05, 4.69) is 35.4 Å². The number of nitrogens with one attached hydrogen (secondary N) is 1. The molecule has 1 aromatic carbocycles. The van der Waals surface area contributed by atoms with Gasteiger partial charge in [-0.3, -0.25) is 13.9 Å². The minimum Gasteiger partial charge on any atom is -0.756 e. The molecule has 15 heteroatoms. The largest absolute Gasteiger partial charge is 1.00 e. The minimum absolute atomic E-state index is 0. The van der Waals surface area contributed by atoms with Crippen LogP contribution in [0.5, 0.6) is 0 Å². The van der Waals surface area contributed by atoms with Gasteiger partial charge in [-0.2, -0.15) is 4.98 Å². The van der Waals surface area contributed by atoms with E-state index in [1.807, 2.05) is 0 Å². The Labute approximate surface area is 194 Å². The Morgan fingerprint density at radius 2 is 2.09 bits per heavy atom. The molecule has 5 heterocycles. The zero-order valence-electron chi connectivity index (χ0n) is 17.5. The Balaban J connectivity index is 0.00000241. The van der Waals surface area contributed by atoms with Crippen LogP contribution in [-0.4, -0.2) is 53.9 Å². The summed E-state index contributed by atoms with van der Waals surface area (Å²) in [7, 11) is -4.54. The predicted octanol–water partition coefficient (Wildman–Crippen LogP) is 0.639. The Morgan fingerprint density at radius 1 is 1.33 bits per heavy atom. The van der Waals surface area contributed by atoms with E-state index in [1.165, 1.54) is 8.97 Å². The van der Waals surface area contributed by atoms with Crippen molar-refractivity contribution in [1.82, 2.24) is 23.9 Å². The lowest BCUT2D eigenvalue weighted by Gasteiger charge is -2.34. The number of nitrogen functional groups attached to an aromatic ring is 1. The van der Waals surface area contributed by atoms with E-state index in [0.717, 1.165) is 5.56 Å². The third-order valence-electron chi connectivity index (χ3n) is 5.64. The van der Waals surface area contributed by atoms with E-state index >= 15 is 0 Å². The van der Waals surface area contributed by atoms with Gasteiger partial charge in [0.2, 0.25) is 5.78 Å². The molecule has 2 saturated heterocycles. The molecule has 13 nitrogen and oxygen atoms in total. The van der Waals surface area contributed by atoms with Crippen molar-refractivity contribution in [3.05, 3.63) is 45.5 Å². The van der Waals surface area contributed by atoms with Gasteiger partial charge in [-0.1, -0.05) is 12.1 Å². The van der Waals surface area contributed by atoms with Crippen LogP contribution in [0, 0.1) is 0 Å². The van der Waals surface area contributed by atoms with Gasteiger partial charge >= 0.3 is 1.43 Å². The van der Waals surface area contributed by atoms with Crippen LogP contribution in [0.3, 0.4) is 0 Å². The number of nitrogens with zero attached hydrogens (tertiary/aromatic N) is 4. The van der Waals surface area contributed by atoms with Gasteiger partial charge in [0.15, 0.2) is 22.1 Å². The summed E-state index contributed by atoms with van der Waals surface area (Å²) < 4.78 is 29.9. The molecule has 6 rings (SSSR count). The highest BCUT2D eigenvalue weighted by molar-refractivity contribution is 9.10. The fourth-order valence-corrected chi connectivity index (χ4v) is 5.57. The molecule has 33 heavy (non-hydrogen) atoms. The van der Waals surface area contributed by atoms with Crippen molar-refractivity contribution in [3.8, 4) is 11.3 Å². The van der Waals surface area contributed by atoms with Crippen LogP contribution in [0.15, 0.2) is 40.0 Å². The van der Waals surface area contributed by atoms with E-state index in [0.29, 0.717) is 11.4 Å². The van der Waals surface area contributed by atoms with Crippen molar-refractivity contribution in [2.45, 2.75) is 24.5 Å². The topological polar surface area (TPSA) is 182 Å². The van der Waals surface area contributed by atoms with Crippen LogP contribution >= 0.6 is 23.8 Å². The quantitative estimate of drug-likeness (QED) is 0.186. The lowest BCUT2D eigenvalue weighted by atomic mass is 10.1. The van der Waals surface area contributed by atoms with Crippen molar-refractivity contribution >= 4 is 46.4 Å². The molecular weight excluding hydrogens is 523 g/mol. The highest BCUT2D eigenvalue weighted by Crippen LogP contribution is 2.50. The maximum atomic E-state index is 13.1. The molecule has 5 atom stereocenters. The number of aliphatic hydroxyl groups is 1. The van der Waals surface area contributed by atoms with Crippen molar-refractivity contribution in [2.24, 2.45) is 0 Å². The Hall–Kier alpha value is -2.58. The summed E-state index contributed by atoms with van der Waals surface area (Å²) in [6.07, 6.45) is -2.90. The first kappa shape index (κ1) is 21.0. The number of hydrogen-bond donors (Lipinski definition) is 3. The van der Waals surface area contributed by atoms with E-state index in [-0.39, 0.29) is 29.7 Å². The molecule has 0 spiro atoms. The summed E-state index contributed by atoms with van der Waals surface area (Å²) in [5.74, 6) is 0.238. The number of benzene rings is 1. The SMILES string of the molecule is Nc1ccc(-c2cn3c(=O)c4nc(Br)n([C@@H]5OC6COP(=O)([O-])O[C@H]6C5O)c4nc3[nH]2)cc1.[H+]. The summed E-state index contributed by atoms with van der Waals surface area (Å²) in [4.78, 5) is 36.7. The zero-order chi connectivity index (χ0) is 23.1. The van der Waals surface area contributed by atoms with Gasteiger partial charge in [0.05, 0.1) is 12.3 Å². The summed E-state index contributed by atoms with van der Waals surface area (Å²) in [6.45, 7) is -0.300. The number of aliphatic hydroxyl groups excluding tert-OH is 1. The minimum atomic E-state index is -4.54. The van der Waals surface area contributed by atoms with E-state index in [9.17, 15) is 19.4 Å².